The monoisotopic (exact) mass is 316 g/mol. The number of benzene rings is 1. The van der Waals surface area contributed by atoms with E-state index in [0.717, 1.165) is 0 Å². The van der Waals surface area contributed by atoms with Crippen molar-refractivity contribution in [3.63, 3.8) is 0 Å². The fourth-order valence-electron chi connectivity index (χ4n) is 1.98. The molecule has 3 aromatic rings. The van der Waals surface area contributed by atoms with Crippen LogP contribution in [0.5, 0.6) is 11.6 Å². The number of pyridine rings is 2. The van der Waals surface area contributed by atoms with E-state index in [2.05, 4.69) is 15.3 Å². The Labute approximate surface area is 138 Å². The molecule has 0 radical (unpaired) electrons. The molecule has 2 heterocycles. The van der Waals surface area contributed by atoms with Gasteiger partial charge in [0.2, 0.25) is 5.88 Å². The first-order valence-corrected chi connectivity index (χ1v) is 7.10. The van der Waals surface area contributed by atoms with Gasteiger partial charge >= 0.3 is 0 Å². The van der Waals surface area contributed by atoms with E-state index >= 15 is 0 Å². The fourth-order valence-corrected chi connectivity index (χ4v) is 1.98. The molecular weight excluding hydrogens is 304 g/mol. The lowest BCUT2D eigenvalue weighted by molar-refractivity contribution is 0.102. The van der Waals surface area contributed by atoms with E-state index < -0.39 is 0 Å². The molecule has 0 saturated heterocycles. The summed E-state index contributed by atoms with van der Waals surface area (Å²) in [5.74, 6) is 0.426. The van der Waals surface area contributed by atoms with E-state index in [4.69, 9.17) is 10.00 Å². The average Bonchev–Trinajstić information content (AvgIpc) is 2.63. The van der Waals surface area contributed by atoms with Gasteiger partial charge in [0.25, 0.3) is 5.91 Å². The van der Waals surface area contributed by atoms with E-state index in [0.29, 0.717) is 28.4 Å². The predicted molar refractivity (Wildman–Crippen MR) is 87.7 cm³/mol. The van der Waals surface area contributed by atoms with Gasteiger partial charge in [-0.1, -0.05) is 12.1 Å². The van der Waals surface area contributed by atoms with Crippen molar-refractivity contribution in [2.75, 3.05) is 5.32 Å². The molecule has 0 spiro atoms. The van der Waals surface area contributed by atoms with Crippen LogP contribution in [-0.4, -0.2) is 15.9 Å². The largest absolute Gasteiger partial charge is 0.438 e. The number of nitrogens with zero attached hydrogens (tertiary/aromatic N) is 3. The number of nitrogens with one attached hydrogen (secondary N) is 1. The summed E-state index contributed by atoms with van der Waals surface area (Å²) in [5, 5.41) is 11.8. The van der Waals surface area contributed by atoms with E-state index in [1.165, 1.54) is 6.20 Å². The van der Waals surface area contributed by atoms with Crippen molar-refractivity contribution in [3.8, 4) is 17.7 Å². The third-order valence-electron chi connectivity index (χ3n) is 3.14. The van der Waals surface area contributed by atoms with Crippen molar-refractivity contribution < 1.29 is 9.53 Å². The maximum Gasteiger partial charge on any atom is 0.257 e. The van der Waals surface area contributed by atoms with Crippen molar-refractivity contribution in [1.82, 2.24) is 9.97 Å². The van der Waals surface area contributed by atoms with Gasteiger partial charge in [-0.2, -0.15) is 5.26 Å². The molecule has 0 aliphatic carbocycles. The summed E-state index contributed by atoms with van der Waals surface area (Å²) in [5.41, 5.74) is 1.41. The molecule has 0 unspecified atom stereocenters. The van der Waals surface area contributed by atoms with Crippen molar-refractivity contribution in [2.45, 2.75) is 0 Å². The lowest BCUT2D eigenvalue weighted by atomic mass is 10.2. The summed E-state index contributed by atoms with van der Waals surface area (Å²) in [6.07, 6.45) is 4.60. The quantitative estimate of drug-likeness (QED) is 0.797. The van der Waals surface area contributed by atoms with Crippen LogP contribution in [-0.2, 0) is 0 Å². The first kappa shape index (κ1) is 15.2. The third-order valence-corrected chi connectivity index (χ3v) is 3.14. The van der Waals surface area contributed by atoms with Gasteiger partial charge < -0.3 is 10.1 Å². The Hall–Kier alpha value is -3.72. The van der Waals surface area contributed by atoms with Crippen LogP contribution in [0.3, 0.4) is 0 Å². The Morgan fingerprint density at radius 2 is 1.96 bits per heavy atom. The summed E-state index contributed by atoms with van der Waals surface area (Å²) in [6.45, 7) is 0. The third kappa shape index (κ3) is 3.54. The summed E-state index contributed by atoms with van der Waals surface area (Å²) in [6, 6.07) is 15.6. The maximum absolute atomic E-state index is 12.1. The van der Waals surface area contributed by atoms with Crippen LogP contribution < -0.4 is 10.1 Å². The summed E-state index contributed by atoms with van der Waals surface area (Å²) in [4.78, 5) is 20.2. The van der Waals surface area contributed by atoms with E-state index in [1.807, 2.05) is 6.07 Å². The molecule has 1 N–H and O–H groups in total. The van der Waals surface area contributed by atoms with Crippen LogP contribution in [0.4, 0.5) is 5.69 Å². The number of aromatic nitrogens is 2. The Balaban J connectivity index is 1.71. The number of para-hydroxylation sites is 1. The van der Waals surface area contributed by atoms with Gasteiger partial charge in [-0.25, -0.2) is 4.98 Å². The van der Waals surface area contributed by atoms with Crippen LogP contribution in [0.2, 0.25) is 0 Å². The van der Waals surface area contributed by atoms with Gasteiger partial charge in [0, 0.05) is 18.5 Å². The maximum atomic E-state index is 12.1. The Morgan fingerprint density at radius 3 is 2.67 bits per heavy atom. The molecule has 1 aromatic carbocycles. The Morgan fingerprint density at radius 1 is 1.08 bits per heavy atom. The molecule has 0 saturated carbocycles. The highest BCUT2D eigenvalue weighted by Crippen LogP contribution is 2.23. The number of anilines is 1. The zero-order chi connectivity index (χ0) is 16.8. The number of rotatable bonds is 4. The molecule has 0 atom stereocenters. The van der Waals surface area contributed by atoms with Gasteiger partial charge in [0.15, 0.2) is 0 Å². The van der Waals surface area contributed by atoms with Crippen molar-refractivity contribution in [2.24, 2.45) is 0 Å². The molecule has 1 amide bonds. The molecule has 0 aliphatic rings. The van der Waals surface area contributed by atoms with Crippen molar-refractivity contribution >= 4 is 11.6 Å². The molecule has 0 fully saturated rings. The molecule has 3 rings (SSSR count). The second-order valence-corrected chi connectivity index (χ2v) is 4.79. The van der Waals surface area contributed by atoms with Crippen molar-refractivity contribution in [3.05, 3.63) is 78.2 Å². The number of carbonyl (C=O) groups excluding carboxylic acids is 1. The van der Waals surface area contributed by atoms with E-state index in [9.17, 15) is 4.79 Å². The van der Waals surface area contributed by atoms with Gasteiger partial charge in [0.05, 0.1) is 23.0 Å². The minimum atomic E-state index is -0.292. The zero-order valence-corrected chi connectivity index (χ0v) is 12.5. The number of hydrogen-bond acceptors (Lipinski definition) is 5. The van der Waals surface area contributed by atoms with Crippen LogP contribution in [0.25, 0.3) is 0 Å². The van der Waals surface area contributed by atoms with Gasteiger partial charge in [-0.3, -0.25) is 9.78 Å². The highest BCUT2D eigenvalue weighted by Gasteiger charge is 2.09. The standard InChI is InChI=1S/C18H12N4O2/c19-10-13-4-1-2-6-16(13)24-17-8-7-14(11-21-17)18(23)22-15-5-3-9-20-12-15/h1-9,11-12H,(H,22,23). The lowest BCUT2D eigenvalue weighted by Crippen LogP contribution is -2.12. The highest BCUT2D eigenvalue weighted by molar-refractivity contribution is 6.03. The van der Waals surface area contributed by atoms with E-state index in [-0.39, 0.29) is 5.91 Å². The topological polar surface area (TPSA) is 87.9 Å². The second-order valence-electron chi connectivity index (χ2n) is 4.79. The van der Waals surface area contributed by atoms with Crippen LogP contribution in [0.1, 0.15) is 15.9 Å². The highest BCUT2D eigenvalue weighted by atomic mass is 16.5. The molecule has 2 aromatic heterocycles. The SMILES string of the molecule is N#Cc1ccccc1Oc1ccc(C(=O)Nc2cccnc2)cn1. The minimum Gasteiger partial charge on any atom is -0.438 e. The number of nitriles is 1. The summed E-state index contributed by atoms with van der Waals surface area (Å²) in [7, 11) is 0. The second kappa shape index (κ2) is 7.03. The first-order valence-electron chi connectivity index (χ1n) is 7.10. The average molecular weight is 316 g/mol. The van der Waals surface area contributed by atoms with Crippen LogP contribution in [0, 0.1) is 11.3 Å². The minimum absolute atomic E-state index is 0.292. The Bertz CT molecular complexity index is 887. The molecule has 6 nitrogen and oxygen atoms in total. The fraction of sp³-hybridized carbons (Fsp3) is 0. The number of hydrogen-bond donors (Lipinski definition) is 1. The number of ether oxygens (including phenoxy) is 1. The van der Waals surface area contributed by atoms with Gasteiger partial charge in [-0.05, 0) is 30.3 Å². The lowest BCUT2D eigenvalue weighted by Gasteiger charge is -2.07. The number of amides is 1. The Kier molecular flexibility index (Phi) is 4.45. The molecule has 116 valence electrons. The molecule has 24 heavy (non-hydrogen) atoms. The van der Waals surface area contributed by atoms with E-state index in [1.54, 1.807) is 60.9 Å². The number of carbonyl (C=O) groups is 1. The molecular formula is C18H12N4O2. The van der Waals surface area contributed by atoms with Crippen LogP contribution in [0.15, 0.2) is 67.1 Å². The molecule has 0 aliphatic heterocycles. The predicted octanol–water partition coefficient (Wildman–Crippen LogP) is 3.39. The van der Waals surface area contributed by atoms with Crippen LogP contribution >= 0.6 is 0 Å². The van der Waals surface area contributed by atoms with Crippen molar-refractivity contribution in [1.29, 1.82) is 5.26 Å². The first-order chi connectivity index (χ1) is 11.8. The summed E-state index contributed by atoms with van der Waals surface area (Å²) >= 11 is 0. The summed E-state index contributed by atoms with van der Waals surface area (Å²) < 4.78 is 5.58. The zero-order valence-electron chi connectivity index (χ0n) is 12.5. The molecule has 6 heteroatoms. The van der Waals surface area contributed by atoms with Gasteiger partial charge in [-0.15, -0.1) is 0 Å². The normalized spacial score (nSPS) is 9.79. The smallest absolute Gasteiger partial charge is 0.257 e. The molecule has 0 bridgehead atoms. The van der Waals surface area contributed by atoms with Gasteiger partial charge in [0.1, 0.15) is 11.8 Å².